The minimum atomic E-state index is -1.16. The van der Waals surface area contributed by atoms with E-state index in [0.717, 1.165) is 0 Å². The Hall–Kier alpha value is -0.750. The quantitative estimate of drug-likeness (QED) is 0.335. The van der Waals surface area contributed by atoms with Crippen LogP contribution in [0.4, 0.5) is 0 Å². The largest absolute Gasteiger partial charge is 0.467 e. The summed E-state index contributed by atoms with van der Waals surface area (Å²) in [6, 6.07) is -1.16. The van der Waals surface area contributed by atoms with Crippen molar-refractivity contribution in [3.05, 3.63) is 0 Å². The fourth-order valence-electron chi connectivity index (χ4n) is 0.437. The first kappa shape index (κ1) is 10.2. The smallest absolute Gasteiger partial charge is 0.335 e. The first-order valence-electron chi connectivity index (χ1n) is 2.72. The molecule has 0 aliphatic rings. The molecule has 6 heteroatoms. The van der Waals surface area contributed by atoms with Gasteiger partial charge in [0.25, 0.3) is 0 Å². The van der Waals surface area contributed by atoms with Crippen LogP contribution in [0.2, 0.25) is 0 Å². The van der Waals surface area contributed by atoms with Gasteiger partial charge < -0.3 is 9.47 Å². The van der Waals surface area contributed by atoms with E-state index >= 15 is 0 Å². The second kappa shape index (κ2) is 4.97. The monoisotopic (exact) mass is 179 g/mol. The van der Waals surface area contributed by atoms with Gasteiger partial charge in [0.2, 0.25) is 6.04 Å². The summed E-state index contributed by atoms with van der Waals surface area (Å²) in [5, 5.41) is 0. The lowest BCUT2D eigenvalue weighted by Gasteiger charge is -2.09. The number of carbonyl (C=O) groups is 2. The Kier molecular flexibility index (Phi) is 4.64. The van der Waals surface area contributed by atoms with Crippen LogP contribution in [0.5, 0.6) is 0 Å². The van der Waals surface area contributed by atoms with Gasteiger partial charge in [0.15, 0.2) is 0 Å². The SMILES string of the molecule is COC(=O)C(NS)C(=O)OC. The highest BCUT2D eigenvalue weighted by atomic mass is 32.1. The molecule has 0 saturated heterocycles. The van der Waals surface area contributed by atoms with E-state index in [2.05, 4.69) is 27.0 Å². The maximum absolute atomic E-state index is 10.7. The zero-order valence-corrected chi connectivity index (χ0v) is 7.05. The summed E-state index contributed by atoms with van der Waals surface area (Å²) < 4.78 is 10.7. The number of ether oxygens (including phenoxy) is 2. The first-order chi connectivity index (χ1) is 5.17. The lowest BCUT2D eigenvalue weighted by molar-refractivity contribution is -0.154. The highest BCUT2D eigenvalue weighted by Gasteiger charge is 2.26. The van der Waals surface area contributed by atoms with Crippen molar-refractivity contribution in [3.63, 3.8) is 0 Å². The molecule has 0 aromatic rings. The Balaban J connectivity index is 4.15. The van der Waals surface area contributed by atoms with E-state index in [1.54, 1.807) is 0 Å². The van der Waals surface area contributed by atoms with Crippen molar-refractivity contribution in [1.82, 2.24) is 4.72 Å². The third kappa shape index (κ3) is 2.77. The third-order valence-corrected chi connectivity index (χ3v) is 1.26. The van der Waals surface area contributed by atoms with E-state index in [4.69, 9.17) is 0 Å². The van der Waals surface area contributed by atoms with Crippen LogP contribution in [-0.2, 0) is 19.1 Å². The molecule has 0 rings (SSSR count). The average Bonchev–Trinajstić information content (AvgIpc) is 2.05. The lowest BCUT2D eigenvalue weighted by atomic mass is 10.3. The molecule has 0 bridgehead atoms. The highest BCUT2D eigenvalue weighted by Crippen LogP contribution is 1.91. The van der Waals surface area contributed by atoms with Crippen molar-refractivity contribution in [1.29, 1.82) is 0 Å². The number of carbonyl (C=O) groups excluding carboxylic acids is 2. The molecule has 0 aliphatic heterocycles. The van der Waals surface area contributed by atoms with Crippen LogP contribution < -0.4 is 4.72 Å². The first-order valence-corrected chi connectivity index (χ1v) is 3.17. The molecule has 0 aromatic carbocycles. The lowest BCUT2D eigenvalue weighted by Crippen LogP contribution is -2.40. The number of hydrogen-bond donors (Lipinski definition) is 2. The topological polar surface area (TPSA) is 64.6 Å². The molecule has 0 saturated carbocycles. The molecule has 5 nitrogen and oxygen atoms in total. The molecule has 0 aromatic heterocycles. The van der Waals surface area contributed by atoms with Crippen molar-refractivity contribution < 1.29 is 19.1 Å². The summed E-state index contributed by atoms with van der Waals surface area (Å²) in [6.45, 7) is 0. The molecular formula is C5H9NO4S. The van der Waals surface area contributed by atoms with Gasteiger partial charge in [-0.3, -0.25) is 0 Å². The molecule has 64 valence electrons. The van der Waals surface area contributed by atoms with Crippen LogP contribution in [0, 0.1) is 0 Å². The van der Waals surface area contributed by atoms with Crippen molar-refractivity contribution in [2.75, 3.05) is 14.2 Å². The van der Waals surface area contributed by atoms with E-state index in [0.29, 0.717) is 0 Å². The van der Waals surface area contributed by atoms with E-state index in [1.165, 1.54) is 14.2 Å². The molecule has 0 radical (unpaired) electrons. The Bertz CT molecular complexity index is 145. The summed E-state index contributed by atoms with van der Waals surface area (Å²) in [4.78, 5) is 21.4. The molecule has 0 fully saturated rings. The van der Waals surface area contributed by atoms with Gasteiger partial charge >= 0.3 is 11.9 Å². The average molecular weight is 179 g/mol. The fourth-order valence-corrected chi connectivity index (χ4v) is 0.648. The summed E-state index contributed by atoms with van der Waals surface area (Å²) in [7, 11) is 2.34. The summed E-state index contributed by atoms with van der Waals surface area (Å²) in [5.41, 5.74) is 0. The number of nitrogens with one attached hydrogen (secondary N) is 1. The van der Waals surface area contributed by atoms with Gasteiger partial charge in [-0.05, 0) is 0 Å². The van der Waals surface area contributed by atoms with Gasteiger partial charge in [0.1, 0.15) is 0 Å². The van der Waals surface area contributed by atoms with Crippen molar-refractivity contribution in [2.45, 2.75) is 6.04 Å². The predicted octanol–water partition coefficient (Wildman–Crippen LogP) is -0.865. The Morgan fingerprint density at radius 3 is 1.82 bits per heavy atom. The molecule has 0 spiro atoms. The Labute approximate surface area is 69.6 Å². The summed E-state index contributed by atoms with van der Waals surface area (Å²) >= 11 is 3.55. The van der Waals surface area contributed by atoms with Crippen molar-refractivity contribution in [2.24, 2.45) is 0 Å². The number of rotatable bonds is 3. The number of hydrogen-bond acceptors (Lipinski definition) is 6. The normalized spacial score (nSPS) is 9.45. The van der Waals surface area contributed by atoms with E-state index in [-0.39, 0.29) is 0 Å². The van der Waals surface area contributed by atoms with Crippen molar-refractivity contribution in [3.8, 4) is 0 Å². The van der Waals surface area contributed by atoms with Crippen LogP contribution in [0.15, 0.2) is 0 Å². The maximum Gasteiger partial charge on any atom is 0.335 e. The second-order valence-electron chi connectivity index (χ2n) is 1.61. The number of thiol groups is 1. The zero-order valence-electron chi connectivity index (χ0n) is 6.16. The van der Waals surface area contributed by atoms with Gasteiger partial charge in [0, 0.05) is 0 Å². The second-order valence-corrected chi connectivity index (χ2v) is 1.87. The van der Waals surface area contributed by atoms with E-state index in [9.17, 15) is 9.59 Å². The van der Waals surface area contributed by atoms with Gasteiger partial charge in [-0.1, -0.05) is 12.8 Å². The zero-order chi connectivity index (χ0) is 8.85. The van der Waals surface area contributed by atoms with Crippen LogP contribution in [0.25, 0.3) is 0 Å². The summed E-state index contributed by atoms with van der Waals surface area (Å²) in [5.74, 6) is -1.46. The summed E-state index contributed by atoms with van der Waals surface area (Å²) in [6.07, 6.45) is 0. The Morgan fingerprint density at radius 2 is 1.64 bits per heavy atom. The number of methoxy groups -OCH3 is 2. The standard InChI is InChI=1S/C5H9NO4S/c1-9-4(7)3(6-11)5(8)10-2/h3,6,11H,1-2H3. The molecule has 0 heterocycles. The van der Waals surface area contributed by atoms with Gasteiger partial charge in [-0.25, -0.2) is 14.3 Å². The van der Waals surface area contributed by atoms with E-state index < -0.39 is 18.0 Å². The molecule has 0 unspecified atom stereocenters. The van der Waals surface area contributed by atoms with E-state index in [1.807, 2.05) is 0 Å². The minimum Gasteiger partial charge on any atom is -0.467 e. The van der Waals surface area contributed by atoms with Crippen LogP contribution >= 0.6 is 12.8 Å². The van der Waals surface area contributed by atoms with Crippen LogP contribution in [0.1, 0.15) is 0 Å². The molecule has 1 N–H and O–H groups in total. The minimum absolute atomic E-state index is 0.730. The highest BCUT2D eigenvalue weighted by molar-refractivity contribution is 7.78. The van der Waals surface area contributed by atoms with Crippen molar-refractivity contribution >= 4 is 24.8 Å². The molecular weight excluding hydrogens is 170 g/mol. The molecule has 0 aliphatic carbocycles. The molecule has 0 atom stereocenters. The predicted molar refractivity (Wildman–Crippen MR) is 39.9 cm³/mol. The van der Waals surface area contributed by atoms with Gasteiger partial charge in [-0.2, -0.15) is 0 Å². The number of esters is 2. The van der Waals surface area contributed by atoms with Crippen LogP contribution in [-0.4, -0.2) is 32.2 Å². The third-order valence-electron chi connectivity index (χ3n) is 1.00. The van der Waals surface area contributed by atoms with Gasteiger partial charge in [0.05, 0.1) is 14.2 Å². The molecule has 11 heavy (non-hydrogen) atoms. The Morgan fingerprint density at radius 1 is 1.27 bits per heavy atom. The van der Waals surface area contributed by atoms with Gasteiger partial charge in [-0.15, -0.1) is 0 Å². The fraction of sp³-hybridized carbons (Fsp3) is 0.600. The maximum atomic E-state index is 10.7. The van der Waals surface area contributed by atoms with Crippen LogP contribution in [0.3, 0.4) is 0 Å². The molecule has 0 amide bonds.